The number of ether oxygens (including phenoxy) is 1. The summed E-state index contributed by atoms with van der Waals surface area (Å²) in [7, 11) is 0. The predicted molar refractivity (Wildman–Crippen MR) is 41.3 cm³/mol. The molecule has 10 heavy (non-hydrogen) atoms. The van der Waals surface area contributed by atoms with Crippen LogP contribution in [0.15, 0.2) is 11.6 Å². The van der Waals surface area contributed by atoms with Crippen LogP contribution < -0.4 is 0 Å². The summed E-state index contributed by atoms with van der Waals surface area (Å²) in [6, 6.07) is 0. The molecule has 0 unspecified atom stereocenters. The van der Waals surface area contributed by atoms with Crippen molar-refractivity contribution < 1.29 is 9.53 Å². The molecule has 0 saturated heterocycles. The highest BCUT2D eigenvalue weighted by molar-refractivity contribution is 6.40. The predicted octanol–water partition coefficient (Wildman–Crippen LogP) is 1.91. The molecule has 0 aromatic heterocycles. The lowest BCUT2D eigenvalue weighted by atomic mass is 10.5. The van der Waals surface area contributed by atoms with Crippen LogP contribution in [0.3, 0.4) is 0 Å². The molecule has 0 rings (SSSR count). The highest BCUT2D eigenvalue weighted by Crippen LogP contribution is 1.99. The van der Waals surface area contributed by atoms with Crippen LogP contribution >= 0.6 is 23.2 Å². The van der Waals surface area contributed by atoms with Gasteiger partial charge in [-0.15, -0.1) is 11.6 Å². The molecule has 0 fully saturated rings. The van der Waals surface area contributed by atoms with E-state index in [1.165, 1.54) is 0 Å². The Balaban J connectivity index is 3.31. The highest BCUT2D eigenvalue weighted by Gasteiger charge is 2.02. The topological polar surface area (TPSA) is 26.3 Å². The third-order valence-corrected chi connectivity index (χ3v) is 1.15. The molecule has 0 N–H and O–H groups in total. The van der Waals surface area contributed by atoms with E-state index >= 15 is 0 Å². The minimum atomic E-state index is -0.577. The van der Waals surface area contributed by atoms with Crippen molar-refractivity contribution in [1.82, 2.24) is 0 Å². The van der Waals surface area contributed by atoms with E-state index in [1.807, 2.05) is 0 Å². The first-order valence-corrected chi connectivity index (χ1v) is 3.67. The number of halogens is 2. The SMILES string of the molecule is C=C(Cl)C(=O)OCCCCl. The molecule has 0 aromatic carbocycles. The third-order valence-electron chi connectivity index (χ3n) is 0.733. The molecule has 4 heteroatoms. The zero-order valence-corrected chi connectivity index (χ0v) is 6.91. The van der Waals surface area contributed by atoms with Crippen LogP contribution in [-0.4, -0.2) is 18.5 Å². The number of hydrogen-bond donors (Lipinski definition) is 0. The van der Waals surface area contributed by atoms with E-state index < -0.39 is 5.97 Å². The standard InChI is InChI=1S/C6H8Cl2O2/c1-5(8)6(9)10-4-2-3-7/h1-4H2. The minimum Gasteiger partial charge on any atom is -0.461 e. The van der Waals surface area contributed by atoms with E-state index in [1.54, 1.807) is 0 Å². The molecule has 0 spiro atoms. The zero-order chi connectivity index (χ0) is 7.98. The van der Waals surface area contributed by atoms with Crippen molar-refractivity contribution in [3.05, 3.63) is 11.6 Å². The van der Waals surface area contributed by atoms with Gasteiger partial charge < -0.3 is 4.74 Å². The van der Waals surface area contributed by atoms with E-state index in [0.29, 0.717) is 18.9 Å². The Labute approximate surface area is 69.8 Å². The molecule has 0 aliphatic heterocycles. The van der Waals surface area contributed by atoms with E-state index in [-0.39, 0.29) is 5.03 Å². The van der Waals surface area contributed by atoms with Crippen LogP contribution in [0.2, 0.25) is 0 Å². The zero-order valence-electron chi connectivity index (χ0n) is 5.40. The summed E-state index contributed by atoms with van der Waals surface area (Å²) in [6.07, 6.45) is 0.636. The smallest absolute Gasteiger partial charge is 0.349 e. The summed E-state index contributed by atoms with van der Waals surface area (Å²) in [5.74, 6) is -0.103. The maximum absolute atomic E-state index is 10.5. The molecule has 0 saturated carbocycles. The number of hydrogen-bond acceptors (Lipinski definition) is 2. The second-order valence-electron chi connectivity index (χ2n) is 1.58. The molecule has 0 aliphatic rings. The molecule has 0 radical (unpaired) electrons. The van der Waals surface area contributed by atoms with Gasteiger partial charge in [0.05, 0.1) is 6.61 Å². The molecule has 2 nitrogen and oxygen atoms in total. The Bertz CT molecular complexity index is 134. The number of carbonyl (C=O) groups is 1. The van der Waals surface area contributed by atoms with Crippen LogP contribution in [0, 0.1) is 0 Å². The Morgan fingerprint density at radius 1 is 1.60 bits per heavy atom. The molecule has 0 aliphatic carbocycles. The van der Waals surface area contributed by atoms with Crippen LogP contribution in [0.25, 0.3) is 0 Å². The van der Waals surface area contributed by atoms with Crippen LogP contribution in [0.1, 0.15) is 6.42 Å². The van der Waals surface area contributed by atoms with Crippen LogP contribution in [0.5, 0.6) is 0 Å². The van der Waals surface area contributed by atoms with Gasteiger partial charge in [-0.3, -0.25) is 0 Å². The molecule has 0 aromatic rings. The van der Waals surface area contributed by atoms with Gasteiger partial charge in [0.2, 0.25) is 0 Å². The largest absolute Gasteiger partial charge is 0.461 e. The summed E-state index contributed by atoms with van der Waals surface area (Å²) in [4.78, 5) is 10.5. The van der Waals surface area contributed by atoms with Crippen molar-refractivity contribution in [3.8, 4) is 0 Å². The maximum atomic E-state index is 10.5. The molecule has 0 atom stereocenters. The summed E-state index contributed by atoms with van der Waals surface area (Å²) >= 11 is 10.5. The number of rotatable bonds is 4. The van der Waals surface area contributed by atoms with Gasteiger partial charge in [-0.2, -0.15) is 0 Å². The second kappa shape index (κ2) is 5.57. The minimum absolute atomic E-state index is 0.102. The van der Waals surface area contributed by atoms with E-state index in [0.717, 1.165) is 0 Å². The fourth-order valence-corrected chi connectivity index (χ4v) is 0.461. The Morgan fingerprint density at radius 2 is 2.20 bits per heavy atom. The number of carbonyl (C=O) groups excluding carboxylic acids is 1. The molecular weight excluding hydrogens is 175 g/mol. The van der Waals surface area contributed by atoms with E-state index in [4.69, 9.17) is 23.2 Å². The van der Waals surface area contributed by atoms with Crippen LogP contribution in [0.4, 0.5) is 0 Å². The molecule has 0 heterocycles. The van der Waals surface area contributed by atoms with Gasteiger partial charge in [0, 0.05) is 5.88 Å². The summed E-state index contributed by atoms with van der Waals surface area (Å²) in [6.45, 7) is 3.49. The molecule has 0 amide bonds. The molecule has 0 bridgehead atoms. The fourth-order valence-electron chi connectivity index (χ4n) is 0.298. The van der Waals surface area contributed by atoms with Crippen molar-refractivity contribution in [1.29, 1.82) is 0 Å². The fraction of sp³-hybridized carbons (Fsp3) is 0.500. The normalized spacial score (nSPS) is 9.00. The highest BCUT2D eigenvalue weighted by atomic mass is 35.5. The molecule has 58 valence electrons. The first kappa shape index (κ1) is 9.79. The van der Waals surface area contributed by atoms with Gasteiger partial charge in [-0.25, -0.2) is 4.79 Å². The lowest BCUT2D eigenvalue weighted by molar-refractivity contribution is -0.138. The van der Waals surface area contributed by atoms with Gasteiger partial charge in [-0.1, -0.05) is 18.2 Å². The van der Waals surface area contributed by atoms with E-state index in [9.17, 15) is 4.79 Å². The van der Waals surface area contributed by atoms with Gasteiger partial charge >= 0.3 is 5.97 Å². The number of alkyl halides is 1. The summed E-state index contributed by atoms with van der Waals surface area (Å²) in [5, 5.41) is -0.102. The lowest BCUT2D eigenvalue weighted by Gasteiger charge is -1.99. The Hall–Kier alpha value is -0.210. The van der Waals surface area contributed by atoms with Crippen molar-refractivity contribution >= 4 is 29.2 Å². The van der Waals surface area contributed by atoms with Crippen molar-refractivity contribution in [2.75, 3.05) is 12.5 Å². The molecular formula is C6H8Cl2O2. The average Bonchev–Trinajstić information content (AvgIpc) is 1.88. The maximum Gasteiger partial charge on any atom is 0.349 e. The van der Waals surface area contributed by atoms with Gasteiger partial charge in [0.15, 0.2) is 0 Å². The first-order chi connectivity index (χ1) is 4.68. The van der Waals surface area contributed by atoms with Crippen molar-refractivity contribution in [3.63, 3.8) is 0 Å². The first-order valence-electron chi connectivity index (χ1n) is 2.76. The van der Waals surface area contributed by atoms with Crippen molar-refractivity contribution in [2.24, 2.45) is 0 Å². The van der Waals surface area contributed by atoms with Gasteiger partial charge in [0.1, 0.15) is 5.03 Å². The van der Waals surface area contributed by atoms with Gasteiger partial charge in [0.25, 0.3) is 0 Å². The second-order valence-corrected chi connectivity index (χ2v) is 2.42. The average molecular weight is 183 g/mol. The van der Waals surface area contributed by atoms with Crippen LogP contribution in [-0.2, 0) is 9.53 Å². The Morgan fingerprint density at radius 3 is 2.60 bits per heavy atom. The Kier molecular flexibility index (Phi) is 5.45. The summed E-state index contributed by atoms with van der Waals surface area (Å²) < 4.78 is 4.59. The number of esters is 1. The van der Waals surface area contributed by atoms with Crippen molar-refractivity contribution in [2.45, 2.75) is 6.42 Å². The van der Waals surface area contributed by atoms with Gasteiger partial charge in [-0.05, 0) is 6.42 Å². The van der Waals surface area contributed by atoms with E-state index in [2.05, 4.69) is 11.3 Å². The quantitative estimate of drug-likeness (QED) is 0.288. The summed E-state index contributed by atoms with van der Waals surface area (Å²) in [5.41, 5.74) is 0. The lowest BCUT2D eigenvalue weighted by Crippen LogP contribution is -2.05. The third kappa shape index (κ3) is 4.65. The monoisotopic (exact) mass is 182 g/mol.